The highest BCUT2D eigenvalue weighted by Gasteiger charge is 2.44. The van der Waals surface area contributed by atoms with Gasteiger partial charge in [-0.05, 0) is 42.9 Å². The zero-order chi connectivity index (χ0) is 14.9. The molecule has 0 atom stereocenters. The molecule has 21 heavy (non-hydrogen) atoms. The Morgan fingerprint density at radius 1 is 1.24 bits per heavy atom. The molecule has 0 spiro atoms. The number of hydrogen-bond acceptors (Lipinski definition) is 3. The van der Waals surface area contributed by atoms with Crippen LogP contribution in [-0.2, 0) is 0 Å². The van der Waals surface area contributed by atoms with Gasteiger partial charge in [-0.15, -0.1) is 0 Å². The highest BCUT2D eigenvalue weighted by molar-refractivity contribution is 5.78. The number of aryl methyl sites for hydroxylation is 1. The smallest absolute Gasteiger partial charge is 0.0911 e. The van der Waals surface area contributed by atoms with Gasteiger partial charge in [0.15, 0.2) is 0 Å². The number of nitrogens with zero attached hydrogens (tertiary/aromatic N) is 2. The number of hydrogen-bond donors (Lipinski definition) is 2. The molecule has 4 nitrogen and oxygen atoms in total. The molecule has 3 rings (SSSR count). The predicted molar refractivity (Wildman–Crippen MR) is 88.0 cm³/mol. The fourth-order valence-electron chi connectivity index (χ4n) is 3.43. The number of anilines is 1. The van der Waals surface area contributed by atoms with Gasteiger partial charge >= 0.3 is 0 Å². The summed E-state index contributed by atoms with van der Waals surface area (Å²) >= 11 is 0. The van der Waals surface area contributed by atoms with Crippen LogP contribution in [0.5, 0.6) is 0 Å². The van der Waals surface area contributed by atoms with Crippen molar-refractivity contribution < 1.29 is 0 Å². The Kier molecular flexibility index (Phi) is 3.89. The monoisotopic (exact) mass is 286 g/mol. The maximum absolute atomic E-state index is 7.52. The van der Waals surface area contributed by atoms with E-state index in [9.17, 15) is 0 Å². The molecule has 0 unspecified atom stereocenters. The molecule has 1 heterocycles. The van der Waals surface area contributed by atoms with Crippen LogP contribution in [0, 0.1) is 17.7 Å². The van der Waals surface area contributed by atoms with Gasteiger partial charge in [-0.1, -0.05) is 12.1 Å². The average molecular weight is 286 g/mol. The summed E-state index contributed by atoms with van der Waals surface area (Å²) < 4.78 is 0. The van der Waals surface area contributed by atoms with Crippen molar-refractivity contribution in [1.82, 2.24) is 4.90 Å². The Morgan fingerprint density at radius 2 is 1.95 bits per heavy atom. The van der Waals surface area contributed by atoms with E-state index in [0.717, 1.165) is 39.1 Å². The zero-order valence-electron chi connectivity index (χ0n) is 12.9. The van der Waals surface area contributed by atoms with E-state index in [2.05, 4.69) is 41.0 Å². The second-order valence-corrected chi connectivity index (χ2v) is 6.80. The van der Waals surface area contributed by atoms with Crippen LogP contribution in [0.3, 0.4) is 0 Å². The third kappa shape index (κ3) is 3.56. The molecule has 4 heteroatoms. The Morgan fingerprint density at radius 3 is 2.52 bits per heavy atom. The quantitative estimate of drug-likeness (QED) is 0.644. The van der Waals surface area contributed by atoms with Gasteiger partial charge in [0.05, 0.1) is 5.84 Å². The molecule has 1 aliphatic carbocycles. The molecular weight excluding hydrogens is 260 g/mol. The van der Waals surface area contributed by atoms with E-state index in [1.807, 2.05) is 0 Å². The first-order chi connectivity index (χ1) is 10.1. The van der Waals surface area contributed by atoms with E-state index in [1.165, 1.54) is 24.1 Å². The standard InChI is InChI=1S/C17H26N4/c1-14-3-2-4-15(11-14)21-9-7-20(8-10-21)13-17(5-6-17)12-16(18)19/h2-4,11H,5-10,12-13H2,1H3,(H3,18,19). The Balaban J connectivity index is 1.52. The molecule has 2 aliphatic rings. The van der Waals surface area contributed by atoms with E-state index in [-0.39, 0.29) is 0 Å². The minimum Gasteiger partial charge on any atom is -0.388 e. The molecule has 1 saturated heterocycles. The van der Waals surface area contributed by atoms with Gasteiger partial charge in [0.25, 0.3) is 0 Å². The van der Waals surface area contributed by atoms with Crippen molar-refractivity contribution >= 4 is 11.5 Å². The summed E-state index contributed by atoms with van der Waals surface area (Å²) in [6.45, 7) is 7.70. The molecule has 0 bridgehead atoms. The maximum atomic E-state index is 7.52. The topological polar surface area (TPSA) is 56.4 Å². The lowest BCUT2D eigenvalue weighted by Gasteiger charge is -2.38. The van der Waals surface area contributed by atoms with Gasteiger partial charge in [-0.3, -0.25) is 10.3 Å². The molecule has 1 aromatic carbocycles. The zero-order valence-corrected chi connectivity index (χ0v) is 12.9. The van der Waals surface area contributed by atoms with E-state index < -0.39 is 0 Å². The van der Waals surface area contributed by atoms with Gasteiger partial charge in [0, 0.05) is 44.8 Å². The highest BCUT2D eigenvalue weighted by Crippen LogP contribution is 2.49. The van der Waals surface area contributed by atoms with Crippen LogP contribution in [0.25, 0.3) is 0 Å². The van der Waals surface area contributed by atoms with Crippen molar-refractivity contribution in [1.29, 1.82) is 5.41 Å². The second kappa shape index (κ2) is 5.68. The summed E-state index contributed by atoms with van der Waals surface area (Å²) in [5.74, 6) is 0.353. The van der Waals surface area contributed by atoms with Crippen LogP contribution in [-0.4, -0.2) is 43.5 Å². The Labute approximate surface area is 127 Å². The van der Waals surface area contributed by atoms with Crippen LogP contribution in [0.4, 0.5) is 5.69 Å². The van der Waals surface area contributed by atoms with Gasteiger partial charge in [0.1, 0.15) is 0 Å². The van der Waals surface area contributed by atoms with E-state index >= 15 is 0 Å². The van der Waals surface area contributed by atoms with Crippen molar-refractivity contribution in [3.05, 3.63) is 29.8 Å². The van der Waals surface area contributed by atoms with E-state index in [1.54, 1.807) is 0 Å². The SMILES string of the molecule is Cc1cccc(N2CCN(CC3(CC(=N)N)CC3)CC2)c1. The number of piperazine rings is 1. The molecular formula is C17H26N4. The molecule has 0 amide bonds. The lowest BCUT2D eigenvalue weighted by Crippen LogP contribution is -2.48. The van der Waals surface area contributed by atoms with E-state index in [4.69, 9.17) is 11.1 Å². The van der Waals surface area contributed by atoms with Crippen molar-refractivity contribution in [3.63, 3.8) is 0 Å². The van der Waals surface area contributed by atoms with Crippen molar-refractivity contribution in [3.8, 4) is 0 Å². The van der Waals surface area contributed by atoms with Crippen LogP contribution < -0.4 is 10.6 Å². The number of nitrogens with one attached hydrogen (secondary N) is 1. The molecule has 2 fully saturated rings. The maximum Gasteiger partial charge on any atom is 0.0911 e. The summed E-state index contributed by atoms with van der Waals surface area (Å²) in [6.07, 6.45) is 3.26. The van der Waals surface area contributed by atoms with Crippen LogP contribution in [0.15, 0.2) is 24.3 Å². The molecule has 1 saturated carbocycles. The molecule has 1 aliphatic heterocycles. The van der Waals surface area contributed by atoms with Crippen LogP contribution in [0.2, 0.25) is 0 Å². The lowest BCUT2D eigenvalue weighted by molar-refractivity contribution is 0.210. The summed E-state index contributed by atoms with van der Waals surface area (Å²) in [4.78, 5) is 5.04. The molecule has 3 N–H and O–H groups in total. The second-order valence-electron chi connectivity index (χ2n) is 6.80. The van der Waals surface area contributed by atoms with Crippen molar-refractivity contribution in [2.24, 2.45) is 11.1 Å². The fraction of sp³-hybridized carbons (Fsp3) is 0.588. The first-order valence-corrected chi connectivity index (χ1v) is 7.93. The van der Waals surface area contributed by atoms with Crippen LogP contribution >= 0.6 is 0 Å². The van der Waals surface area contributed by atoms with E-state index in [0.29, 0.717) is 11.3 Å². The molecule has 0 aromatic heterocycles. The largest absolute Gasteiger partial charge is 0.388 e. The Hall–Kier alpha value is -1.55. The van der Waals surface area contributed by atoms with Gasteiger partial charge in [0.2, 0.25) is 0 Å². The number of benzene rings is 1. The third-order valence-electron chi connectivity index (χ3n) is 4.82. The lowest BCUT2D eigenvalue weighted by atomic mass is 10.0. The normalized spacial score (nSPS) is 21.3. The third-order valence-corrected chi connectivity index (χ3v) is 4.82. The van der Waals surface area contributed by atoms with Crippen molar-refractivity contribution in [2.75, 3.05) is 37.6 Å². The summed E-state index contributed by atoms with van der Waals surface area (Å²) in [5, 5.41) is 7.52. The molecule has 1 aromatic rings. The fourth-order valence-corrected chi connectivity index (χ4v) is 3.43. The average Bonchev–Trinajstić information content (AvgIpc) is 3.18. The first kappa shape index (κ1) is 14.4. The highest BCUT2D eigenvalue weighted by atomic mass is 15.3. The minimum absolute atomic E-state index is 0.331. The Bertz CT molecular complexity index is 513. The number of nitrogens with two attached hydrogens (primary N) is 1. The number of amidine groups is 1. The number of rotatable bonds is 5. The van der Waals surface area contributed by atoms with Gasteiger partial charge in [-0.25, -0.2) is 0 Å². The van der Waals surface area contributed by atoms with Gasteiger partial charge < -0.3 is 10.6 Å². The molecule has 0 radical (unpaired) electrons. The summed E-state index contributed by atoms with van der Waals surface area (Å²) in [5.41, 5.74) is 8.60. The van der Waals surface area contributed by atoms with Crippen molar-refractivity contribution in [2.45, 2.75) is 26.2 Å². The van der Waals surface area contributed by atoms with Crippen LogP contribution in [0.1, 0.15) is 24.8 Å². The minimum atomic E-state index is 0.331. The first-order valence-electron chi connectivity index (χ1n) is 7.93. The summed E-state index contributed by atoms with van der Waals surface area (Å²) in [6, 6.07) is 8.77. The molecule has 114 valence electrons. The predicted octanol–water partition coefficient (Wildman–Crippen LogP) is 2.22. The summed E-state index contributed by atoms with van der Waals surface area (Å²) in [7, 11) is 0. The van der Waals surface area contributed by atoms with Gasteiger partial charge in [-0.2, -0.15) is 0 Å².